The van der Waals surface area contributed by atoms with Crippen LogP contribution < -0.4 is 5.73 Å². The molecule has 0 unspecified atom stereocenters. The van der Waals surface area contributed by atoms with Crippen LogP contribution in [0.15, 0.2) is 39.5 Å². The zero-order valence-electron chi connectivity index (χ0n) is 11.6. The molecule has 0 atom stereocenters. The maximum atomic E-state index is 12.4. The molecule has 0 fully saturated rings. The van der Waals surface area contributed by atoms with E-state index in [9.17, 15) is 8.42 Å². The van der Waals surface area contributed by atoms with Crippen LogP contribution in [0.5, 0.6) is 0 Å². The van der Waals surface area contributed by atoms with Gasteiger partial charge in [0, 0.05) is 20.1 Å². The lowest BCUT2D eigenvalue weighted by atomic mass is 10.1. The van der Waals surface area contributed by atoms with Crippen molar-refractivity contribution in [2.45, 2.75) is 18.8 Å². The van der Waals surface area contributed by atoms with Gasteiger partial charge in [-0.15, -0.1) is 11.3 Å². The predicted molar refractivity (Wildman–Crippen MR) is 90.4 cm³/mol. The average molecular weight is 389 g/mol. The molecule has 1 aromatic heterocycles. The van der Waals surface area contributed by atoms with Crippen LogP contribution in [0.4, 0.5) is 0 Å². The number of nitrogens with zero attached hydrogens (tertiary/aromatic N) is 1. The molecule has 7 heteroatoms. The number of benzene rings is 1. The van der Waals surface area contributed by atoms with Gasteiger partial charge >= 0.3 is 0 Å². The van der Waals surface area contributed by atoms with Crippen LogP contribution >= 0.6 is 27.3 Å². The van der Waals surface area contributed by atoms with Gasteiger partial charge in [-0.25, -0.2) is 12.7 Å². The Bertz CT molecular complexity index is 696. The number of hydrogen-bond donors (Lipinski definition) is 1. The molecule has 0 aliphatic heterocycles. The molecule has 0 bridgehead atoms. The highest BCUT2D eigenvalue weighted by atomic mass is 79.9. The fourth-order valence-corrected chi connectivity index (χ4v) is 4.26. The normalized spacial score (nSPS) is 12.0. The van der Waals surface area contributed by atoms with Gasteiger partial charge in [0.25, 0.3) is 0 Å². The lowest BCUT2D eigenvalue weighted by molar-refractivity contribution is 0.466. The molecule has 0 saturated carbocycles. The van der Waals surface area contributed by atoms with Crippen molar-refractivity contribution in [3.63, 3.8) is 0 Å². The maximum absolute atomic E-state index is 12.4. The van der Waals surface area contributed by atoms with Crippen molar-refractivity contribution < 1.29 is 8.42 Å². The summed E-state index contributed by atoms with van der Waals surface area (Å²) in [6.45, 7) is 0.839. The topological polar surface area (TPSA) is 63.4 Å². The summed E-state index contributed by atoms with van der Waals surface area (Å²) in [5.74, 6) is -0.000339. The van der Waals surface area contributed by atoms with Gasteiger partial charge in [-0.2, -0.15) is 0 Å². The molecule has 2 aromatic rings. The van der Waals surface area contributed by atoms with Crippen molar-refractivity contribution in [2.24, 2.45) is 5.73 Å². The van der Waals surface area contributed by atoms with Gasteiger partial charge in [0.2, 0.25) is 10.0 Å². The standard InChI is InChI=1S/C14H17BrN2O2S2/c1-17(8-13-6-14(15)20-9-13)21(18,19)10-12-4-2-11(7-16)3-5-12/h2-6,9H,7-8,10,16H2,1H3. The molecule has 0 saturated heterocycles. The van der Waals surface area contributed by atoms with Crippen LogP contribution in [-0.4, -0.2) is 19.8 Å². The van der Waals surface area contributed by atoms with Gasteiger partial charge in [0.05, 0.1) is 9.54 Å². The Kier molecular flexibility index (Phi) is 5.56. The molecule has 2 N–H and O–H groups in total. The Labute approximate surface area is 137 Å². The van der Waals surface area contributed by atoms with Crippen molar-refractivity contribution in [1.82, 2.24) is 4.31 Å². The summed E-state index contributed by atoms with van der Waals surface area (Å²) in [6, 6.07) is 9.29. The Morgan fingerprint density at radius 2 is 1.81 bits per heavy atom. The average Bonchev–Trinajstić information content (AvgIpc) is 2.84. The lowest BCUT2D eigenvalue weighted by Gasteiger charge is -2.16. The quantitative estimate of drug-likeness (QED) is 0.826. The van der Waals surface area contributed by atoms with Gasteiger partial charge in [0.1, 0.15) is 0 Å². The van der Waals surface area contributed by atoms with E-state index in [0.29, 0.717) is 13.1 Å². The Morgan fingerprint density at radius 3 is 2.33 bits per heavy atom. The van der Waals surface area contributed by atoms with Gasteiger partial charge in [-0.1, -0.05) is 24.3 Å². The maximum Gasteiger partial charge on any atom is 0.218 e. The molecular formula is C14H17BrN2O2S2. The summed E-state index contributed by atoms with van der Waals surface area (Å²) in [7, 11) is -1.72. The van der Waals surface area contributed by atoms with Crippen LogP contribution in [0.25, 0.3) is 0 Å². The summed E-state index contributed by atoms with van der Waals surface area (Å²) in [5, 5.41) is 1.95. The molecular weight excluding hydrogens is 372 g/mol. The van der Waals surface area contributed by atoms with Crippen molar-refractivity contribution in [2.75, 3.05) is 7.05 Å². The summed E-state index contributed by atoms with van der Waals surface area (Å²) in [5.41, 5.74) is 8.28. The van der Waals surface area contributed by atoms with E-state index in [4.69, 9.17) is 5.73 Å². The Morgan fingerprint density at radius 1 is 1.19 bits per heavy atom. The van der Waals surface area contributed by atoms with Crippen molar-refractivity contribution in [1.29, 1.82) is 0 Å². The van der Waals surface area contributed by atoms with Crippen LogP contribution in [0, 0.1) is 0 Å². The van der Waals surface area contributed by atoms with E-state index >= 15 is 0 Å². The summed E-state index contributed by atoms with van der Waals surface area (Å²) in [6.07, 6.45) is 0. The molecule has 0 amide bonds. The number of halogens is 1. The monoisotopic (exact) mass is 388 g/mol. The highest BCUT2D eigenvalue weighted by Gasteiger charge is 2.19. The minimum Gasteiger partial charge on any atom is -0.326 e. The molecule has 21 heavy (non-hydrogen) atoms. The smallest absolute Gasteiger partial charge is 0.218 e. The number of sulfonamides is 1. The second-order valence-electron chi connectivity index (χ2n) is 4.79. The van der Waals surface area contributed by atoms with Crippen LogP contribution in [-0.2, 0) is 28.9 Å². The third-order valence-corrected chi connectivity index (χ3v) is 6.44. The van der Waals surface area contributed by atoms with Crippen molar-refractivity contribution >= 4 is 37.3 Å². The van der Waals surface area contributed by atoms with E-state index in [1.807, 2.05) is 35.7 Å². The van der Waals surface area contributed by atoms with Crippen molar-refractivity contribution in [3.8, 4) is 0 Å². The fraction of sp³-hybridized carbons (Fsp3) is 0.286. The number of rotatable bonds is 6. The second-order valence-corrected chi connectivity index (χ2v) is 9.16. The number of nitrogens with two attached hydrogens (primary N) is 1. The molecule has 0 spiro atoms. The molecule has 0 aliphatic rings. The largest absolute Gasteiger partial charge is 0.326 e. The Hall–Kier alpha value is -0.730. The van der Waals surface area contributed by atoms with Gasteiger partial charge in [-0.05, 0) is 44.1 Å². The van der Waals surface area contributed by atoms with E-state index in [2.05, 4.69) is 15.9 Å². The minimum atomic E-state index is -3.33. The SMILES string of the molecule is CN(Cc1csc(Br)c1)S(=O)(=O)Cc1ccc(CN)cc1. The first-order valence-electron chi connectivity index (χ1n) is 6.35. The van der Waals surface area contributed by atoms with Gasteiger partial charge in [-0.3, -0.25) is 0 Å². The molecule has 2 rings (SSSR count). The first kappa shape index (κ1) is 16.6. The van der Waals surface area contributed by atoms with Gasteiger partial charge < -0.3 is 5.73 Å². The molecule has 1 heterocycles. The number of hydrogen-bond acceptors (Lipinski definition) is 4. The second kappa shape index (κ2) is 7.02. The third-order valence-electron chi connectivity index (χ3n) is 3.11. The van der Waals surface area contributed by atoms with E-state index in [0.717, 1.165) is 20.5 Å². The van der Waals surface area contributed by atoms with E-state index < -0.39 is 10.0 Å². The summed E-state index contributed by atoms with van der Waals surface area (Å²) in [4.78, 5) is 0. The first-order valence-corrected chi connectivity index (χ1v) is 9.63. The molecule has 114 valence electrons. The minimum absolute atomic E-state index is 0.000339. The van der Waals surface area contributed by atoms with Crippen molar-refractivity contribution in [3.05, 3.63) is 56.2 Å². The van der Waals surface area contributed by atoms with Crippen LogP contribution in [0.3, 0.4) is 0 Å². The fourth-order valence-electron chi connectivity index (χ4n) is 1.88. The first-order chi connectivity index (χ1) is 9.90. The highest BCUT2D eigenvalue weighted by Crippen LogP contribution is 2.22. The molecule has 0 radical (unpaired) electrons. The zero-order valence-corrected chi connectivity index (χ0v) is 14.8. The molecule has 0 aliphatic carbocycles. The van der Waals surface area contributed by atoms with Crippen LogP contribution in [0.2, 0.25) is 0 Å². The molecule has 1 aromatic carbocycles. The number of thiophene rings is 1. The van der Waals surface area contributed by atoms with E-state index in [-0.39, 0.29) is 5.75 Å². The van der Waals surface area contributed by atoms with E-state index in [1.165, 1.54) is 4.31 Å². The summed E-state index contributed by atoms with van der Waals surface area (Å²) < 4.78 is 27.1. The highest BCUT2D eigenvalue weighted by molar-refractivity contribution is 9.11. The third kappa shape index (κ3) is 4.62. The Balaban J connectivity index is 2.05. The lowest BCUT2D eigenvalue weighted by Crippen LogP contribution is -2.27. The van der Waals surface area contributed by atoms with Crippen LogP contribution in [0.1, 0.15) is 16.7 Å². The summed E-state index contributed by atoms with van der Waals surface area (Å²) >= 11 is 4.93. The predicted octanol–water partition coefficient (Wildman–Crippen LogP) is 2.93. The zero-order chi connectivity index (χ0) is 15.5. The van der Waals surface area contributed by atoms with E-state index in [1.54, 1.807) is 18.4 Å². The van der Waals surface area contributed by atoms with Gasteiger partial charge in [0.15, 0.2) is 0 Å². The molecule has 4 nitrogen and oxygen atoms in total.